The van der Waals surface area contributed by atoms with Gasteiger partial charge >= 0.3 is 0 Å². The molecule has 0 saturated carbocycles. The van der Waals surface area contributed by atoms with E-state index >= 15 is 0 Å². The molecule has 1 heterocycles. The summed E-state index contributed by atoms with van der Waals surface area (Å²) < 4.78 is 1.87. The topological polar surface area (TPSA) is 55.9 Å². The number of hydrogen-bond donors (Lipinski definition) is 2. The second-order valence-electron chi connectivity index (χ2n) is 5.28. The standard InChI is InChI=1S/C16H23ClN4/c1-3-14-16(17)15(21(2)20-14)11-13(19-18)10-9-12-7-5-4-6-8-12/h4-8,13,19H,3,9-11,18H2,1-2H3. The van der Waals surface area contributed by atoms with Crippen LogP contribution in [0.4, 0.5) is 0 Å². The van der Waals surface area contributed by atoms with Gasteiger partial charge in [-0.25, -0.2) is 0 Å². The predicted octanol–water partition coefficient (Wildman–Crippen LogP) is 2.64. The minimum absolute atomic E-state index is 0.183. The monoisotopic (exact) mass is 306 g/mol. The van der Waals surface area contributed by atoms with Crippen LogP contribution in [0.1, 0.15) is 30.3 Å². The summed E-state index contributed by atoms with van der Waals surface area (Å²) in [6.07, 6.45) is 3.58. The summed E-state index contributed by atoms with van der Waals surface area (Å²) in [5, 5.41) is 5.23. The zero-order chi connectivity index (χ0) is 15.2. The third-order valence-electron chi connectivity index (χ3n) is 3.80. The van der Waals surface area contributed by atoms with E-state index in [0.29, 0.717) is 0 Å². The van der Waals surface area contributed by atoms with E-state index in [1.165, 1.54) is 5.56 Å². The van der Waals surface area contributed by atoms with Crippen LogP contribution in [0.3, 0.4) is 0 Å². The van der Waals surface area contributed by atoms with Crippen molar-refractivity contribution in [3.05, 3.63) is 52.3 Å². The van der Waals surface area contributed by atoms with Crippen LogP contribution in [0.2, 0.25) is 5.02 Å². The van der Waals surface area contributed by atoms with Gasteiger partial charge in [0.25, 0.3) is 0 Å². The van der Waals surface area contributed by atoms with Crippen LogP contribution in [-0.4, -0.2) is 15.8 Å². The Balaban J connectivity index is 2.01. The summed E-state index contributed by atoms with van der Waals surface area (Å²) >= 11 is 6.40. The number of hydrogen-bond acceptors (Lipinski definition) is 3. The van der Waals surface area contributed by atoms with Crippen molar-refractivity contribution in [2.24, 2.45) is 12.9 Å². The van der Waals surface area contributed by atoms with Crippen LogP contribution in [0.25, 0.3) is 0 Å². The Hall–Kier alpha value is -1.36. The molecule has 2 aromatic rings. The van der Waals surface area contributed by atoms with Gasteiger partial charge in [-0.1, -0.05) is 48.9 Å². The SMILES string of the molecule is CCc1nn(C)c(CC(CCc2ccccc2)NN)c1Cl. The maximum atomic E-state index is 6.40. The second-order valence-corrected chi connectivity index (χ2v) is 5.65. The quantitative estimate of drug-likeness (QED) is 0.611. The lowest BCUT2D eigenvalue weighted by Crippen LogP contribution is -2.37. The molecule has 0 bridgehead atoms. The van der Waals surface area contributed by atoms with Gasteiger partial charge in [0.1, 0.15) is 0 Å². The Kier molecular flexibility index (Phi) is 5.79. The molecule has 0 amide bonds. The molecule has 1 atom stereocenters. The molecule has 0 aliphatic rings. The average molecular weight is 307 g/mol. The molecule has 1 aromatic heterocycles. The second kappa shape index (κ2) is 7.59. The van der Waals surface area contributed by atoms with Gasteiger partial charge in [-0.2, -0.15) is 5.10 Å². The van der Waals surface area contributed by atoms with Gasteiger partial charge in [0.15, 0.2) is 0 Å². The van der Waals surface area contributed by atoms with Crippen molar-refractivity contribution in [1.29, 1.82) is 0 Å². The summed E-state index contributed by atoms with van der Waals surface area (Å²) in [5.74, 6) is 5.70. The molecule has 5 heteroatoms. The molecular formula is C16H23ClN4. The number of hydrazine groups is 1. The Morgan fingerprint density at radius 1 is 1.33 bits per heavy atom. The first-order valence-electron chi connectivity index (χ1n) is 7.36. The molecule has 1 unspecified atom stereocenters. The van der Waals surface area contributed by atoms with Crippen LogP contribution >= 0.6 is 11.6 Å². The summed E-state index contributed by atoms with van der Waals surface area (Å²) in [6.45, 7) is 2.06. The van der Waals surface area contributed by atoms with Gasteiger partial charge in [-0.15, -0.1) is 0 Å². The van der Waals surface area contributed by atoms with E-state index in [2.05, 4.69) is 41.7 Å². The van der Waals surface area contributed by atoms with Crippen molar-refractivity contribution in [2.45, 2.75) is 38.6 Å². The highest BCUT2D eigenvalue weighted by atomic mass is 35.5. The molecule has 1 aromatic carbocycles. The number of aryl methyl sites for hydroxylation is 3. The lowest BCUT2D eigenvalue weighted by atomic mass is 10.0. The lowest BCUT2D eigenvalue weighted by molar-refractivity contribution is 0.477. The first-order valence-corrected chi connectivity index (χ1v) is 7.73. The van der Waals surface area contributed by atoms with E-state index in [-0.39, 0.29) is 6.04 Å². The zero-order valence-corrected chi connectivity index (χ0v) is 13.4. The Morgan fingerprint density at radius 3 is 2.62 bits per heavy atom. The molecule has 0 saturated heterocycles. The van der Waals surface area contributed by atoms with Crippen LogP contribution in [0, 0.1) is 0 Å². The van der Waals surface area contributed by atoms with Crippen LogP contribution < -0.4 is 11.3 Å². The molecule has 3 N–H and O–H groups in total. The molecule has 0 aliphatic carbocycles. The summed E-state index contributed by atoms with van der Waals surface area (Å²) in [5.41, 5.74) is 6.22. The van der Waals surface area contributed by atoms with E-state index < -0.39 is 0 Å². The molecule has 2 rings (SSSR count). The molecule has 0 radical (unpaired) electrons. The van der Waals surface area contributed by atoms with Crippen molar-refractivity contribution in [3.63, 3.8) is 0 Å². The first kappa shape index (κ1) is 16.0. The van der Waals surface area contributed by atoms with E-state index in [4.69, 9.17) is 17.4 Å². The van der Waals surface area contributed by atoms with Crippen LogP contribution in [0.15, 0.2) is 30.3 Å². The van der Waals surface area contributed by atoms with Crippen molar-refractivity contribution < 1.29 is 0 Å². The Bertz CT molecular complexity index is 565. The minimum atomic E-state index is 0.183. The van der Waals surface area contributed by atoms with Gasteiger partial charge in [0.2, 0.25) is 0 Å². The fourth-order valence-electron chi connectivity index (χ4n) is 2.50. The molecule has 0 spiro atoms. The van der Waals surface area contributed by atoms with Gasteiger partial charge in [-0.05, 0) is 24.8 Å². The summed E-state index contributed by atoms with van der Waals surface area (Å²) in [7, 11) is 1.94. The molecule has 21 heavy (non-hydrogen) atoms. The first-order chi connectivity index (χ1) is 10.2. The average Bonchev–Trinajstić information content (AvgIpc) is 2.79. The fraction of sp³-hybridized carbons (Fsp3) is 0.438. The van der Waals surface area contributed by atoms with Gasteiger partial charge in [0, 0.05) is 19.5 Å². The highest BCUT2D eigenvalue weighted by Crippen LogP contribution is 2.22. The smallest absolute Gasteiger partial charge is 0.0850 e. The van der Waals surface area contributed by atoms with Crippen LogP contribution in [0.5, 0.6) is 0 Å². The minimum Gasteiger partial charge on any atom is -0.271 e. The van der Waals surface area contributed by atoms with E-state index in [9.17, 15) is 0 Å². The fourth-order valence-corrected chi connectivity index (χ4v) is 2.88. The Morgan fingerprint density at radius 2 is 2.05 bits per heavy atom. The highest BCUT2D eigenvalue weighted by molar-refractivity contribution is 6.31. The molecule has 4 nitrogen and oxygen atoms in total. The molecule has 0 fully saturated rings. The molecule has 0 aliphatic heterocycles. The number of rotatable bonds is 7. The van der Waals surface area contributed by atoms with E-state index in [0.717, 1.165) is 42.1 Å². The van der Waals surface area contributed by atoms with Crippen LogP contribution in [-0.2, 0) is 26.3 Å². The number of benzene rings is 1. The summed E-state index contributed by atoms with van der Waals surface area (Å²) in [4.78, 5) is 0. The van der Waals surface area contributed by atoms with E-state index in [1.54, 1.807) is 0 Å². The van der Waals surface area contributed by atoms with Crippen molar-refractivity contribution in [2.75, 3.05) is 0 Å². The van der Waals surface area contributed by atoms with Crippen molar-refractivity contribution in [3.8, 4) is 0 Å². The maximum Gasteiger partial charge on any atom is 0.0850 e. The van der Waals surface area contributed by atoms with Gasteiger partial charge in [-0.3, -0.25) is 16.0 Å². The van der Waals surface area contributed by atoms with Crippen molar-refractivity contribution >= 4 is 11.6 Å². The normalized spacial score (nSPS) is 12.6. The molecule has 114 valence electrons. The number of nitrogens with one attached hydrogen (secondary N) is 1. The van der Waals surface area contributed by atoms with Crippen molar-refractivity contribution in [1.82, 2.24) is 15.2 Å². The lowest BCUT2D eigenvalue weighted by Gasteiger charge is -2.16. The largest absolute Gasteiger partial charge is 0.271 e. The highest BCUT2D eigenvalue weighted by Gasteiger charge is 2.17. The third-order valence-corrected chi connectivity index (χ3v) is 4.24. The third kappa shape index (κ3) is 4.06. The summed E-state index contributed by atoms with van der Waals surface area (Å²) in [6, 6.07) is 10.6. The number of halogens is 1. The number of nitrogens with zero attached hydrogens (tertiary/aromatic N) is 2. The zero-order valence-electron chi connectivity index (χ0n) is 12.6. The number of nitrogens with two attached hydrogens (primary N) is 1. The van der Waals surface area contributed by atoms with Gasteiger partial charge in [0.05, 0.1) is 16.4 Å². The maximum absolute atomic E-state index is 6.40. The van der Waals surface area contributed by atoms with E-state index in [1.807, 2.05) is 17.8 Å². The number of aromatic nitrogens is 2. The van der Waals surface area contributed by atoms with Gasteiger partial charge < -0.3 is 0 Å². The Labute approximate surface area is 131 Å². The predicted molar refractivity (Wildman–Crippen MR) is 87.2 cm³/mol. The molecular weight excluding hydrogens is 284 g/mol.